The van der Waals surface area contributed by atoms with Gasteiger partial charge in [0.2, 0.25) is 0 Å². The van der Waals surface area contributed by atoms with Crippen molar-refractivity contribution in [3.05, 3.63) is 34.2 Å². The average molecular weight is 388 g/mol. The summed E-state index contributed by atoms with van der Waals surface area (Å²) in [7, 11) is 3.33. The van der Waals surface area contributed by atoms with Crippen molar-refractivity contribution in [2.75, 3.05) is 25.6 Å². The SMILES string of the molecule is COC(=O)CN1C(=O)S/C(=C/c2ccc3c(c2)C(C)CC(C)(C)N3C)C1=O. The summed E-state index contributed by atoms with van der Waals surface area (Å²) in [5, 5.41) is -0.454. The normalized spacial score (nSPS) is 23.0. The van der Waals surface area contributed by atoms with Crippen LogP contribution in [0.2, 0.25) is 0 Å². The van der Waals surface area contributed by atoms with Crippen LogP contribution < -0.4 is 4.90 Å². The van der Waals surface area contributed by atoms with Crippen molar-refractivity contribution in [3.8, 4) is 0 Å². The zero-order valence-corrected chi connectivity index (χ0v) is 17.1. The van der Waals surface area contributed by atoms with Gasteiger partial charge in [-0.3, -0.25) is 19.3 Å². The standard InChI is InChI=1S/C20H24N2O4S/c1-12-10-20(2,3)21(4)15-7-6-13(8-14(12)15)9-16-18(24)22(19(25)27-16)11-17(23)26-5/h6-9,12H,10-11H2,1-5H3/b16-9+. The van der Waals surface area contributed by atoms with Crippen molar-refractivity contribution in [2.24, 2.45) is 0 Å². The number of methoxy groups -OCH3 is 1. The van der Waals surface area contributed by atoms with E-state index in [1.54, 1.807) is 6.08 Å². The molecule has 7 heteroatoms. The highest BCUT2D eigenvalue weighted by Crippen LogP contribution is 2.43. The number of anilines is 1. The van der Waals surface area contributed by atoms with Crippen LogP contribution >= 0.6 is 11.8 Å². The molecule has 2 aliphatic heterocycles. The molecule has 2 aliphatic rings. The molecule has 0 saturated carbocycles. The predicted molar refractivity (Wildman–Crippen MR) is 107 cm³/mol. The minimum Gasteiger partial charge on any atom is -0.468 e. The Labute approximate surface area is 163 Å². The van der Waals surface area contributed by atoms with Gasteiger partial charge in [0.25, 0.3) is 11.1 Å². The molecule has 1 atom stereocenters. The zero-order valence-electron chi connectivity index (χ0n) is 16.2. The minimum atomic E-state index is -0.619. The number of amides is 2. The van der Waals surface area contributed by atoms with Gasteiger partial charge in [-0.1, -0.05) is 13.0 Å². The summed E-state index contributed by atoms with van der Waals surface area (Å²) >= 11 is 0.848. The van der Waals surface area contributed by atoms with Gasteiger partial charge in [0.15, 0.2) is 0 Å². The van der Waals surface area contributed by atoms with E-state index >= 15 is 0 Å². The maximum absolute atomic E-state index is 12.5. The van der Waals surface area contributed by atoms with Crippen molar-refractivity contribution in [2.45, 2.75) is 38.6 Å². The summed E-state index contributed by atoms with van der Waals surface area (Å²) in [6.07, 6.45) is 2.75. The smallest absolute Gasteiger partial charge is 0.325 e. The first-order chi connectivity index (χ1) is 12.6. The molecule has 0 bridgehead atoms. The third kappa shape index (κ3) is 3.60. The second-order valence-corrected chi connectivity index (χ2v) is 8.63. The molecular formula is C20H24N2O4S. The predicted octanol–water partition coefficient (Wildman–Crippen LogP) is 3.62. The number of benzene rings is 1. The fourth-order valence-corrected chi connectivity index (χ4v) is 4.50. The summed E-state index contributed by atoms with van der Waals surface area (Å²) in [5.41, 5.74) is 3.39. The van der Waals surface area contributed by atoms with E-state index in [9.17, 15) is 14.4 Å². The summed E-state index contributed by atoms with van der Waals surface area (Å²) in [6.45, 7) is 6.32. The number of thioether (sulfide) groups is 1. The number of rotatable bonds is 3. The average Bonchev–Trinajstić information content (AvgIpc) is 2.87. The molecular weight excluding hydrogens is 364 g/mol. The van der Waals surface area contributed by atoms with Crippen molar-refractivity contribution in [1.29, 1.82) is 0 Å². The van der Waals surface area contributed by atoms with E-state index in [4.69, 9.17) is 0 Å². The molecule has 1 unspecified atom stereocenters. The highest BCUT2D eigenvalue weighted by Gasteiger charge is 2.37. The van der Waals surface area contributed by atoms with Crippen molar-refractivity contribution in [3.63, 3.8) is 0 Å². The topological polar surface area (TPSA) is 66.9 Å². The molecule has 1 aromatic rings. The molecule has 1 aromatic carbocycles. The third-order valence-electron chi connectivity index (χ3n) is 5.34. The van der Waals surface area contributed by atoms with Crippen LogP contribution in [0.15, 0.2) is 23.1 Å². The molecule has 0 spiro atoms. The van der Waals surface area contributed by atoms with E-state index in [1.807, 2.05) is 6.07 Å². The highest BCUT2D eigenvalue weighted by molar-refractivity contribution is 8.18. The van der Waals surface area contributed by atoms with Gasteiger partial charge in [0.05, 0.1) is 12.0 Å². The largest absolute Gasteiger partial charge is 0.468 e. The van der Waals surface area contributed by atoms with Crippen LogP contribution in [0.3, 0.4) is 0 Å². The Morgan fingerprint density at radius 2 is 2.07 bits per heavy atom. The van der Waals surface area contributed by atoms with Crippen LogP contribution in [-0.4, -0.2) is 48.3 Å². The summed E-state index contributed by atoms with van der Waals surface area (Å²) in [6, 6.07) is 6.11. The Kier molecular flexibility index (Phi) is 5.08. The molecule has 3 rings (SSSR count). The molecule has 0 aliphatic carbocycles. The molecule has 2 amide bonds. The lowest BCUT2D eigenvalue weighted by Gasteiger charge is -2.45. The summed E-state index contributed by atoms with van der Waals surface area (Å²) in [4.78, 5) is 39.4. The first-order valence-corrected chi connectivity index (χ1v) is 9.65. The van der Waals surface area contributed by atoms with Gasteiger partial charge in [-0.25, -0.2) is 0 Å². The summed E-state index contributed by atoms with van der Waals surface area (Å²) in [5.74, 6) is -0.680. The van der Waals surface area contributed by atoms with E-state index in [-0.39, 0.29) is 12.1 Å². The van der Waals surface area contributed by atoms with Crippen LogP contribution in [0.4, 0.5) is 10.5 Å². The Balaban J connectivity index is 1.89. The minimum absolute atomic E-state index is 0.0878. The maximum atomic E-state index is 12.5. The lowest BCUT2D eigenvalue weighted by atomic mass is 9.80. The van der Waals surface area contributed by atoms with Crippen LogP contribution in [0, 0.1) is 0 Å². The Bertz CT molecular complexity index is 846. The first kappa shape index (κ1) is 19.5. The Hall–Kier alpha value is -2.28. The molecule has 0 N–H and O–H groups in total. The van der Waals surface area contributed by atoms with Crippen molar-refractivity contribution in [1.82, 2.24) is 4.90 Å². The van der Waals surface area contributed by atoms with E-state index in [2.05, 4.69) is 49.6 Å². The molecule has 2 heterocycles. The maximum Gasteiger partial charge on any atom is 0.325 e. The van der Waals surface area contributed by atoms with Gasteiger partial charge in [-0.05, 0) is 67.3 Å². The monoisotopic (exact) mass is 388 g/mol. The van der Waals surface area contributed by atoms with Gasteiger partial charge in [0.1, 0.15) is 6.54 Å². The van der Waals surface area contributed by atoms with E-state index < -0.39 is 17.1 Å². The number of hydrogen-bond acceptors (Lipinski definition) is 6. The lowest BCUT2D eigenvalue weighted by molar-refractivity contribution is -0.143. The van der Waals surface area contributed by atoms with Gasteiger partial charge < -0.3 is 9.64 Å². The third-order valence-corrected chi connectivity index (χ3v) is 6.25. The van der Waals surface area contributed by atoms with Crippen LogP contribution in [0.1, 0.15) is 44.2 Å². The number of nitrogens with zero attached hydrogens (tertiary/aromatic N) is 2. The van der Waals surface area contributed by atoms with Crippen LogP contribution in [0.5, 0.6) is 0 Å². The quantitative estimate of drug-likeness (QED) is 0.582. The van der Waals surface area contributed by atoms with Gasteiger partial charge in [-0.15, -0.1) is 0 Å². The lowest BCUT2D eigenvalue weighted by Crippen LogP contribution is -2.45. The fraction of sp³-hybridized carbons (Fsp3) is 0.450. The summed E-state index contributed by atoms with van der Waals surface area (Å²) < 4.78 is 4.54. The molecule has 0 aromatic heterocycles. The number of ether oxygens (including phenoxy) is 1. The molecule has 144 valence electrons. The zero-order chi connectivity index (χ0) is 19.9. The number of fused-ring (bicyclic) bond motifs is 1. The van der Waals surface area contributed by atoms with Gasteiger partial charge >= 0.3 is 5.97 Å². The number of carbonyl (C=O) groups is 3. The van der Waals surface area contributed by atoms with E-state index in [0.717, 1.165) is 28.6 Å². The molecule has 1 saturated heterocycles. The number of imide groups is 1. The number of carbonyl (C=O) groups excluding carboxylic acids is 3. The van der Waals surface area contributed by atoms with Crippen molar-refractivity contribution < 1.29 is 19.1 Å². The Morgan fingerprint density at radius 3 is 2.74 bits per heavy atom. The second kappa shape index (κ2) is 7.03. The van der Waals surface area contributed by atoms with Gasteiger partial charge in [-0.2, -0.15) is 0 Å². The van der Waals surface area contributed by atoms with E-state index in [0.29, 0.717) is 10.8 Å². The van der Waals surface area contributed by atoms with E-state index in [1.165, 1.54) is 18.4 Å². The molecule has 1 fully saturated rings. The molecule has 6 nitrogen and oxygen atoms in total. The fourth-order valence-electron chi connectivity index (χ4n) is 3.67. The van der Waals surface area contributed by atoms with Crippen LogP contribution in [0.25, 0.3) is 6.08 Å². The second-order valence-electron chi connectivity index (χ2n) is 7.64. The molecule has 0 radical (unpaired) electrons. The number of hydrogen-bond donors (Lipinski definition) is 0. The molecule has 27 heavy (non-hydrogen) atoms. The highest BCUT2D eigenvalue weighted by atomic mass is 32.2. The van der Waals surface area contributed by atoms with Gasteiger partial charge in [0, 0.05) is 18.3 Å². The first-order valence-electron chi connectivity index (χ1n) is 8.84. The van der Waals surface area contributed by atoms with Crippen molar-refractivity contribution >= 4 is 40.6 Å². The Morgan fingerprint density at radius 1 is 1.37 bits per heavy atom. The number of esters is 1. The van der Waals surface area contributed by atoms with Crippen LogP contribution in [-0.2, 0) is 14.3 Å².